The maximum atomic E-state index is 5.59. The molecular weight excluding hydrogens is 224 g/mol. The summed E-state index contributed by atoms with van der Waals surface area (Å²) in [5.74, 6) is 1.55. The maximum absolute atomic E-state index is 5.59. The molecule has 4 heteroatoms. The quantitative estimate of drug-likeness (QED) is 0.882. The number of imidazole rings is 1. The molecular formula is C14H22N4. The molecule has 0 radical (unpaired) electrons. The topological polar surface area (TPSA) is 56.7 Å². The van der Waals surface area contributed by atoms with E-state index in [9.17, 15) is 0 Å². The molecule has 0 amide bonds. The Hall–Kier alpha value is -1.42. The van der Waals surface area contributed by atoms with E-state index in [1.807, 2.05) is 18.3 Å². The zero-order valence-electron chi connectivity index (χ0n) is 11.4. The van der Waals surface area contributed by atoms with Crippen LogP contribution in [0.25, 0.3) is 11.2 Å². The molecule has 0 saturated heterocycles. The van der Waals surface area contributed by atoms with Gasteiger partial charge in [0.25, 0.3) is 0 Å². The van der Waals surface area contributed by atoms with Crippen molar-refractivity contribution >= 4 is 11.2 Å². The molecule has 2 aromatic heterocycles. The number of pyridine rings is 1. The first kappa shape index (κ1) is 13.0. The summed E-state index contributed by atoms with van der Waals surface area (Å²) in [7, 11) is 0. The molecule has 2 N–H and O–H groups in total. The van der Waals surface area contributed by atoms with Crippen LogP contribution in [0.15, 0.2) is 18.3 Å². The van der Waals surface area contributed by atoms with Crippen LogP contribution in [0.1, 0.15) is 51.4 Å². The normalized spacial score (nSPS) is 13.4. The number of fused-ring (bicyclic) bond motifs is 1. The molecule has 0 aliphatic carbocycles. The van der Waals surface area contributed by atoms with Gasteiger partial charge in [0.1, 0.15) is 11.3 Å². The standard InChI is InChI=1S/C14H22N4/c1-10(2)18-13(11(3)6-4-8-15)17-12-7-5-9-16-14(12)18/h5,7,9-11H,4,6,8,15H2,1-3H3. The number of aromatic nitrogens is 3. The summed E-state index contributed by atoms with van der Waals surface area (Å²) in [4.78, 5) is 9.21. The third kappa shape index (κ3) is 2.38. The van der Waals surface area contributed by atoms with Gasteiger partial charge in [-0.15, -0.1) is 0 Å². The average molecular weight is 246 g/mol. The Morgan fingerprint density at radius 3 is 2.78 bits per heavy atom. The van der Waals surface area contributed by atoms with Gasteiger partial charge in [-0.25, -0.2) is 9.97 Å². The molecule has 0 spiro atoms. The number of hydrogen-bond donors (Lipinski definition) is 1. The lowest BCUT2D eigenvalue weighted by Crippen LogP contribution is -2.11. The Balaban J connectivity index is 2.45. The van der Waals surface area contributed by atoms with Gasteiger partial charge in [0, 0.05) is 18.2 Å². The van der Waals surface area contributed by atoms with Crippen LogP contribution in [-0.2, 0) is 0 Å². The summed E-state index contributed by atoms with van der Waals surface area (Å²) < 4.78 is 2.25. The predicted molar refractivity (Wildman–Crippen MR) is 74.6 cm³/mol. The lowest BCUT2D eigenvalue weighted by atomic mass is 10.0. The van der Waals surface area contributed by atoms with Crippen molar-refractivity contribution in [1.82, 2.24) is 14.5 Å². The number of nitrogens with zero attached hydrogens (tertiary/aromatic N) is 3. The van der Waals surface area contributed by atoms with Gasteiger partial charge in [-0.2, -0.15) is 0 Å². The SMILES string of the molecule is CC(CCCN)c1nc2cccnc2n1C(C)C. The fourth-order valence-corrected chi connectivity index (χ4v) is 2.36. The molecule has 1 unspecified atom stereocenters. The fourth-order valence-electron chi connectivity index (χ4n) is 2.36. The second-order valence-electron chi connectivity index (χ2n) is 5.11. The minimum absolute atomic E-state index is 0.375. The number of rotatable bonds is 5. The van der Waals surface area contributed by atoms with Crippen molar-refractivity contribution in [2.45, 2.75) is 45.6 Å². The van der Waals surface area contributed by atoms with E-state index in [-0.39, 0.29) is 0 Å². The van der Waals surface area contributed by atoms with Crippen LogP contribution in [-0.4, -0.2) is 21.1 Å². The molecule has 2 heterocycles. The minimum atomic E-state index is 0.375. The van der Waals surface area contributed by atoms with Crippen molar-refractivity contribution in [3.8, 4) is 0 Å². The Kier molecular flexibility index (Phi) is 3.97. The predicted octanol–water partition coefficient (Wildman–Crippen LogP) is 2.85. The molecule has 0 fully saturated rings. The van der Waals surface area contributed by atoms with E-state index in [1.54, 1.807) is 0 Å². The van der Waals surface area contributed by atoms with E-state index in [4.69, 9.17) is 10.7 Å². The molecule has 98 valence electrons. The molecule has 1 atom stereocenters. The summed E-state index contributed by atoms with van der Waals surface area (Å²) in [6.45, 7) is 7.31. The maximum Gasteiger partial charge on any atom is 0.160 e. The van der Waals surface area contributed by atoms with Crippen molar-refractivity contribution in [2.75, 3.05) is 6.54 Å². The molecule has 0 aliphatic rings. The van der Waals surface area contributed by atoms with Crippen LogP contribution in [0.4, 0.5) is 0 Å². The van der Waals surface area contributed by atoms with Crippen molar-refractivity contribution < 1.29 is 0 Å². The van der Waals surface area contributed by atoms with E-state index in [1.165, 1.54) is 0 Å². The van der Waals surface area contributed by atoms with Crippen LogP contribution in [0.2, 0.25) is 0 Å². The number of nitrogens with two attached hydrogens (primary N) is 1. The van der Waals surface area contributed by atoms with Gasteiger partial charge in [0.15, 0.2) is 5.65 Å². The largest absolute Gasteiger partial charge is 0.330 e. The third-order valence-corrected chi connectivity index (χ3v) is 3.27. The molecule has 0 bridgehead atoms. The van der Waals surface area contributed by atoms with E-state index in [0.717, 1.165) is 36.4 Å². The van der Waals surface area contributed by atoms with Crippen molar-refractivity contribution in [1.29, 1.82) is 0 Å². The molecule has 4 nitrogen and oxygen atoms in total. The zero-order valence-corrected chi connectivity index (χ0v) is 11.4. The summed E-state index contributed by atoms with van der Waals surface area (Å²) in [6, 6.07) is 4.34. The van der Waals surface area contributed by atoms with Gasteiger partial charge in [-0.3, -0.25) is 0 Å². The Morgan fingerprint density at radius 1 is 1.33 bits per heavy atom. The summed E-state index contributed by atoms with van der Waals surface area (Å²) in [6.07, 6.45) is 3.94. The summed E-state index contributed by atoms with van der Waals surface area (Å²) in [5.41, 5.74) is 7.56. The Bertz CT molecular complexity index is 515. The van der Waals surface area contributed by atoms with Crippen LogP contribution in [0.5, 0.6) is 0 Å². The summed E-state index contributed by atoms with van der Waals surface area (Å²) in [5, 5.41) is 0. The highest BCUT2D eigenvalue weighted by Gasteiger charge is 2.18. The Morgan fingerprint density at radius 2 is 2.11 bits per heavy atom. The highest BCUT2D eigenvalue weighted by Crippen LogP contribution is 2.26. The molecule has 18 heavy (non-hydrogen) atoms. The van der Waals surface area contributed by atoms with Crippen LogP contribution in [0, 0.1) is 0 Å². The fraction of sp³-hybridized carbons (Fsp3) is 0.571. The monoisotopic (exact) mass is 246 g/mol. The number of hydrogen-bond acceptors (Lipinski definition) is 3. The van der Waals surface area contributed by atoms with Gasteiger partial charge in [0.05, 0.1) is 0 Å². The minimum Gasteiger partial charge on any atom is -0.330 e. The van der Waals surface area contributed by atoms with Crippen LogP contribution in [0.3, 0.4) is 0 Å². The van der Waals surface area contributed by atoms with E-state index < -0.39 is 0 Å². The van der Waals surface area contributed by atoms with Gasteiger partial charge < -0.3 is 10.3 Å². The molecule has 0 aliphatic heterocycles. The molecule has 2 rings (SSSR count). The highest BCUT2D eigenvalue weighted by molar-refractivity contribution is 5.71. The molecule has 0 saturated carbocycles. The summed E-state index contributed by atoms with van der Waals surface area (Å²) >= 11 is 0. The first-order chi connectivity index (χ1) is 8.65. The van der Waals surface area contributed by atoms with Crippen LogP contribution >= 0.6 is 0 Å². The lowest BCUT2D eigenvalue weighted by molar-refractivity contribution is 0.524. The molecule has 2 aromatic rings. The third-order valence-electron chi connectivity index (χ3n) is 3.27. The second-order valence-corrected chi connectivity index (χ2v) is 5.11. The van der Waals surface area contributed by atoms with Gasteiger partial charge in [-0.1, -0.05) is 6.92 Å². The first-order valence-corrected chi connectivity index (χ1v) is 6.68. The van der Waals surface area contributed by atoms with Crippen LogP contribution < -0.4 is 5.73 Å². The lowest BCUT2D eigenvalue weighted by Gasteiger charge is -2.16. The second kappa shape index (κ2) is 5.48. The van der Waals surface area contributed by atoms with Gasteiger partial charge >= 0.3 is 0 Å². The van der Waals surface area contributed by atoms with Gasteiger partial charge in [0.2, 0.25) is 0 Å². The first-order valence-electron chi connectivity index (χ1n) is 6.68. The van der Waals surface area contributed by atoms with Crippen molar-refractivity contribution in [3.05, 3.63) is 24.2 Å². The highest BCUT2D eigenvalue weighted by atomic mass is 15.1. The van der Waals surface area contributed by atoms with Gasteiger partial charge in [-0.05, 0) is 45.4 Å². The van der Waals surface area contributed by atoms with E-state index in [0.29, 0.717) is 12.0 Å². The average Bonchev–Trinajstić information content (AvgIpc) is 2.75. The molecule has 0 aromatic carbocycles. The van der Waals surface area contributed by atoms with E-state index >= 15 is 0 Å². The van der Waals surface area contributed by atoms with Crippen molar-refractivity contribution in [3.63, 3.8) is 0 Å². The smallest absolute Gasteiger partial charge is 0.160 e. The van der Waals surface area contributed by atoms with E-state index in [2.05, 4.69) is 30.3 Å². The Labute approximate surface area is 108 Å². The van der Waals surface area contributed by atoms with Crippen molar-refractivity contribution in [2.24, 2.45) is 5.73 Å². The zero-order chi connectivity index (χ0) is 13.1.